The fraction of sp³-hybridized carbons (Fsp3) is 0.769. The zero-order valence-electron chi connectivity index (χ0n) is 9.34. The van der Waals surface area contributed by atoms with Gasteiger partial charge in [-0.3, -0.25) is 4.79 Å². The third-order valence-corrected chi connectivity index (χ3v) is 2.90. The van der Waals surface area contributed by atoms with Crippen molar-refractivity contribution in [2.24, 2.45) is 5.92 Å². The van der Waals surface area contributed by atoms with Gasteiger partial charge in [0.05, 0.1) is 12.5 Å². The van der Waals surface area contributed by atoms with Crippen molar-refractivity contribution < 1.29 is 9.53 Å². The molecule has 0 aromatic carbocycles. The summed E-state index contributed by atoms with van der Waals surface area (Å²) in [6.07, 6.45) is 13.6. The van der Waals surface area contributed by atoms with Crippen molar-refractivity contribution in [3.05, 3.63) is 0 Å². The summed E-state index contributed by atoms with van der Waals surface area (Å²) in [7, 11) is 0. The molecule has 1 aliphatic carbocycles. The van der Waals surface area contributed by atoms with Gasteiger partial charge in [-0.05, 0) is 25.7 Å². The molecule has 0 bridgehead atoms. The van der Waals surface area contributed by atoms with Crippen LogP contribution in [0.3, 0.4) is 0 Å². The molecular formula is C13H20O2. The lowest BCUT2D eigenvalue weighted by Gasteiger charge is -2.22. The molecule has 0 spiro atoms. The molecule has 0 radical (unpaired) electrons. The van der Waals surface area contributed by atoms with Crippen LogP contribution < -0.4 is 0 Å². The number of rotatable bonds is 7. The summed E-state index contributed by atoms with van der Waals surface area (Å²) in [5.41, 5.74) is 0. The second kappa shape index (κ2) is 7.34. The highest BCUT2D eigenvalue weighted by Crippen LogP contribution is 2.27. The zero-order chi connectivity index (χ0) is 10.9. The third-order valence-electron chi connectivity index (χ3n) is 2.90. The molecule has 0 aliphatic heterocycles. The van der Waals surface area contributed by atoms with Gasteiger partial charge in [0.15, 0.2) is 0 Å². The van der Waals surface area contributed by atoms with Gasteiger partial charge in [-0.1, -0.05) is 19.3 Å². The van der Waals surface area contributed by atoms with Crippen molar-refractivity contribution in [1.29, 1.82) is 0 Å². The van der Waals surface area contributed by atoms with E-state index < -0.39 is 0 Å². The van der Waals surface area contributed by atoms with Gasteiger partial charge in [-0.15, -0.1) is 12.3 Å². The van der Waals surface area contributed by atoms with Crippen LogP contribution in [0.1, 0.15) is 51.4 Å². The number of unbranched alkanes of at least 4 members (excludes halogenated alkanes) is 4. The van der Waals surface area contributed by atoms with Crippen molar-refractivity contribution in [1.82, 2.24) is 0 Å². The standard InChI is InChI=1S/C13H20O2/c1-2-3-4-5-6-7-11-15-13(14)12-9-8-10-12/h1,12H,3-11H2. The molecule has 1 fully saturated rings. The predicted octanol–water partition coefficient (Wildman–Crippen LogP) is 2.91. The quantitative estimate of drug-likeness (QED) is 0.365. The van der Waals surface area contributed by atoms with Gasteiger partial charge in [0.25, 0.3) is 0 Å². The summed E-state index contributed by atoms with van der Waals surface area (Å²) < 4.78 is 5.17. The molecule has 0 aromatic rings. The molecule has 0 unspecified atom stereocenters. The Labute approximate surface area is 92.4 Å². The number of hydrogen-bond donors (Lipinski definition) is 0. The first kappa shape index (κ1) is 12.1. The number of hydrogen-bond acceptors (Lipinski definition) is 2. The Morgan fingerprint density at radius 1 is 1.27 bits per heavy atom. The van der Waals surface area contributed by atoms with Gasteiger partial charge in [0.1, 0.15) is 0 Å². The third kappa shape index (κ3) is 4.88. The minimum Gasteiger partial charge on any atom is -0.465 e. The molecule has 0 N–H and O–H groups in total. The Balaban J connectivity index is 1.84. The normalized spacial score (nSPS) is 15.4. The van der Waals surface area contributed by atoms with Crippen molar-refractivity contribution in [2.75, 3.05) is 6.61 Å². The molecule has 0 amide bonds. The molecule has 15 heavy (non-hydrogen) atoms. The number of esters is 1. The summed E-state index contributed by atoms with van der Waals surface area (Å²) >= 11 is 0. The maximum atomic E-state index is 11.3. The Hall–Kier alpha value is -0.970. The van der Waals surface area contributed by atoms with E-state index in [0.717, 1.165) is 44.9 Å². The van der Waals surface area contributed by atoms with Crippen LogP contribution in [0.5, 0.6) is 0 Å². The smallest absolute Gasteiger partial charge is 0.308 e. The lowest BCUT2D eigenvalue weighted by Crippen LogP contribution is -2.24. The Morgan fingerprint density at radius 2 is 2.00 bits per heavy atom. The Kier molecular flexibility index (Phi) is 5.92. The van der Waals surface area contributed by atoms with Gasteiger partial charge < -0.3 is 4.74 Å². The maximum Gasteiger partial charge on any atom is 0.308 e. The van der Waals surface area contributed by atoms with E-state index in [0.29, 0.717) is 6.61 Å². The van der Waals surface area contributed by atoms with Crippen LogP contribution in [0.25, 0.3) is 0 Å². The van der Waals surface area contributed by atoms with Gasteiger partial charge in [0.2, 0.25) is 0 Å². The summed E-state index contributed by atoms with van der Waals surface area (Å²) in [5, 5.41) is 0. The summed E-state index contributed by atoms with van der Waals surface area (Å²) in [4.78, 5) is 11.3. The van der Waals surface area contributed by atoms with Crippen LogP contribution >= 0.6 is 0 Å². The summed E-state index contributed by atoms with van der Waals surface area (Å²) in [6.45, 7) is 0.589. The van der Waals surface area contributed by atoms with E-state index in [1.54, 1.807) is 0 Å². The molecule has 84 valence electrons. The highest BCUT2D eigenvalue weighted by Gasteiger charge is 2.26. The molecule has 2 nitrogen and oxygen atoms in total. The van der Waals surface area contributed by atoms with Crippen LogP contribution in [0.2, 0.25) is 0 Å². The van der Waals surface area contributed by atoms with Gasteiger partial charge in [0, 0.05) is 6.42 Å². The maximum absolute atomic E-state index is 11.3. The highest BCUT2D eigenvalue weighted by atomic mass is 16.5. The van der Waals surface area contributed by atoms with E-state index in [2.05, 4.69) is 5.92 Å². The highest BCUT2D eigenvalue weighted by molar-refractivity contribution is 5.73. The average molecular weight is 208 g/mol. The first-order valence-corrected chi connectivity index (χ1v) is 5.94. The number of ether oxygens (including phenoxy) is 1. The van der Waals surface area contributed by atoms with Crippen LogP contribution in [-0.2, 0) is 9.53 Å². The molecule has 0 aromatic heterocycles. The van der Waals surface area contributed by atoms with Crippen molar-refractivity contribution >= 4 is 5.97 Å². The van der Waals surface area contributed by atoms with E-state index in [4.69, 9.17) is 11.2 Å². The first-order valence-electron chi connectivity index (χ1n) is 5.94. The van der Waals surface area contributed by atoms with Crippen LogP contribution in [-0.4, -0.2) is 12.6 Å². The lowest BCUT2D eigenvalue weighted by molar-refractivity contribution is -0.151. The predicted molar refractivity (Wildman–Crippen MR) is 60.2 cm³/mol. The molecule has 0 saturated heterocycles. The SMILES string of the molecule is C#CCCCCCCOC(=O)C1CCC1. The van der Waals surface area contributed by atoms with E-state index >= 15 is 0 Å². The molecule has 1 aliphatic rings. The molecular weight excluding hydrogens is 188 g/mol. The lowest BCUT2D eigenvalue weighted by atomic mass is 9.86. The van der Waals surface area contributed by atoms with E-state index in [9.17, 15) is 4.79 Å². The first-order chi connectivity index (χ1) is 7.34. The van der Waals surface area contributed by atoms with Gasteiger partial charge in [-0.25, -0.2) is 0 Å². The van der Waals surface area contributed by atoms with E-state index in [1.807, 2.05) is 0 Å². The topological polar surface area (TPSA) is 26.3 Å². The fourth-order valence-electron chi connectivity index (χ4n) is 1.62. The largest absolute Gasteiger partial charge is 0.465 e. The molecule has 1 rings (SSSR count). The molecule has 0 heterocycles. The van der Waals surface area contributed by atoms with Crippen molar-refractivity contribution in [3.8, 4) is 12.3 Å². The van der Waals surface area contributed by atoms with E-state index in [-0.39, 0.29) is 11.9 Å². The number of carbonyl (C=O) groups excluding carboxylic acids is 1. The zero-order valence-corrected chi connectivity index (χ0v) is 9.34. The molecule has 2 heteroatoms. The minimum atomic E-state index is 0.0184. The van der Waals surface area contributed by atoms with Crippen LogP contribution in [0.4, 0.5) is 0 Å². The van der Waals surface area contributed by atoms with E-state index in [1.165, 1.54) is 6.42 Å². The van der Waals surface area contributed by atoms with Gasteiger partial charge >= 0.3 is 5.97 Å². The molecule has 1 saturated carbocycles. The number of terminal acetylenes is 1. The van der Waals surface area contributed by atoms with Crippen molar-refractivity contribution in [2.45, 2.75) is 51.4 Å². The average Bonchev–Trinajstić information content (AvgIpc) is 2.14. The van der Waals surface area contributed by atoms with Gasteiger partial charge in [-0.2, -0.15) is 0 Å². The summed E-state index contributed by atoms with van der Waals surface area (Å²) in [6, 6.07) is 0. The summed E-state index contributed by atoms with van der Waals surface area (Å²) in [5.74, 6) is 2.85. The number of carbonyl (C=O) groups is 1. The van der Waals surface area contributed by atoms with Crippen LogP contribution in [0, 0.1) is 18.3 Å². The van der Waals surface area contributed by atoms with Crippen LogP contribution in [0.15, 0.2) is 0 Å². The van der Waals surface area contributed by atoms with Crippen molar-refractivity contribution in [3.63, 3.8) is 0 Å². The molecule has 0 atom stereocenters. The Morgan fingerprint density at radius 3 is 2.60 bits per heavy atom. The minimum absolute atomic E-state index is 0.0184. The fourth-order valence-corrected chi connectivity index (χ4v) is 1.62. The monoisotopic (exact) mass is 208 g/mol. The second-order valence-corrected chi connectivity index (χ2v) is 4.16. The second-order valence-electron chi connectivity index (χ2n) is 4.16. The Bertz CT molecular complexity index is 223.